The molecule has 4 aromatic heterocycles. The maximum Gasteiger partial charge on any atom is 0.276 e. The molecule has 4 heterocycles. The molecule has 0 atom stereocenters. The van der Waals surface area contributed by atoms with Crippen LogP contribution in [-0.4, -0.2) is 31.4 Å². The zero-order valence-corrected chi connectivity index (χ0v) is 18.9. The van der Waals surface area contributed by atoms with Gasteiger partial charge in [0, 0.05) is 41.6 Å². The molecule has 0 radical (unpaired) electrons. The molecule has 0 aliphatic carbocycles. The fraction of sp³-hybridized carbons (Fsp3) is 0.107. The number of hydrogen-bond donors (Lipinski definition) is 2. The smallest absolute Gasteiger partial charge is 0.276 e. The van der Waals surface area contributed by atoms with Crippen LogP contribution in [0.4, 0.5) is 0 Å². The quantitative estimate of drug-likeness (QED) is 0.391. The van der Waals surface area contributed by atoms with Gasteiger partial charge in [0.1, 0.15) is 5.52 Å². The number of carbonyl (C=O) groups is 1. The Balaban J connectivity index is 1.17. The molecule has 7 nitrogen and oxygen atoms in total. The third kappa shape index (κ3) is 3.77. The van der Waals surface area contributed by atoms with Gasteiger partial charge in [-0.25, -0.2) is 4.98 Å². The third-order valence-corrected chi connectivity index (χ3v) is 6.41. The molecule has 7 heteroatoms. The molecule has 0 saturated carbocycles. The Morgan fingerprint density at radius 1 is 0.943 bits per heavy atom. The summed E-state index contributed by atoms with van der Waals surface area (Å²) in [6.45, 7) is 0.920. The van der Waals surface area contributed by atoms with Gasteiger partial charge >= 0.3 is 0 Å². The fourth-order valence-corrected chi connectivity index (χ4v) is 4.63. The number of H-pyrrole nitrogens is 1. The summed E-state index contributed by atoms with van der Waals surface area (Å²) in [7, 11) is 0. The largest absolute Gasteiger partial charge is 0.361 e. The van der Waals surface area contributed by atoms with Gasteiger partial charge in [-0.05, 0) is 60.0 Å². The van der Waals surface area contributed by atoms with Gasteiger partial charge in [-0.3, -0.25) is 14.2 Å². The highest BCUT2D eigenvalue weighted by Crippen LogP contribution is 2.18. The van der Waals surface area contributed by atoms with Crippen molar-refractivity contribution in [3.63, 3.8) is 0 Å². The second-order valence-corrected chi connectivity index (χ2v) is 8.56. The molecule has 0 saturated heterocycles. The summed E-state index contributed by atoms with van der Waals surface area (Å²) < 4.78 is 3.55. The van der Waals surface area contributed by atoms with Crippen molar-refractivity contribution >= 4 is 33.5 Å². The summed E-state index contributed by atoms with van der Waals surface area (Å²) in [6.07, 6.45) is 6.31. The fourth-order valence-electron chi connectivity index (χ4n) is 4.63. The lowest BCUT2D eigenvalue weighted by Crippen LogP contribution is -2.26. The van der Waals surface area contributed by atoms with E-state index in [1.54, 1.807) is 22.9 Å². The number of amides is 1. The van der Waals surface area contributed by atoms with Gasteiger partial charge in [-0.15, -0.1) is 0 Å². The Morgan fingerprint density at radius 2 is 1.77 bits per heavy atom. The van der Waals surface area contributed by atoms with Crippen LogP contribution < -0.4 is 10.9 Å². The van der Waals surface area contributed by atoms with Gasteiger partial charge in [0.2, 0.25) is 0 Å². The van der Waals surface area contributed by atoms with Crippen molar-refractivity contribution < 1.29 is 4.79 Å². The first-order valence-corrected chi connectivity index (χ1v) is 11.6. The molecular weight excluding hydrogens is 438 g/mol. The average molecular weight is 462 g/mol. The Labute approximate surface area is 200 Å². The molecule has 0 spiro atoms. The van der Waals surface area contributed by atoms with Crippen molar-refractivity contribution in [2.45, 2.75) is 13.0 Å². The monoisotopic (exact) mass is 461 g/mol. The van der Waals surface area contributed by atoms with E-state index in [1.807, 2.05) is 71.4 Å². The van der Waals surface area contributed by atoms with E-state index in [4.69, 9.17) is 0 Å². The van der Waals surface area contributed by atoms with Crippen LogP contribution in [0.2, 0.25) is 0 Å². The van der Waals surface area contributed by atoms with Crippen LogP contribution in [0.15, 0.2) is 96.2 Å². The Bertz CT molecular complexity index is 1740. The molecule has 2 aromatic carbocycles. The first-order chi connectivity index (χ1) is 17.2. The molecule has 0 unspecified atom stereocenters. The average Bonchev–Trinajstić information content (AvgIpc) is 3.55. The van der Waals surface area contributed by atoms with Crippen LogP contribution in [0.5, 0.6) is 0 Å². The summed E-state index contributed by atoms with van der Waals surface area (Å²) in [5.74, 6) is -0.115. The van der Waals surface area contributed by atoms with Gasteiger partial charge < -0.3 is 14.7 Å². The predicted octanol–water partition coefficient (Wildman–Crippen LogP) is 4.15. The first kappa shape index (κ1) is 20.9. The van der Waals surface area contributed by atoms with Crippen LogP contribution in [0.25, 0.3) is 27.6 Å². The number of benzene rings is 2. The number of nitrogens with zero attached hydrogens (tertiary/aromatic N) is 3. The highest BCUT2D eigenvalue weighted by molar-refractivity contribution is 5.94. The zero-order valence-electron chi connectivity index (χ0n) is 18.9. The van der Waals surface area contributed by atoms with E-state index in [1.165, 1.54) is 10.9 Å². The SMILES string of the molecule is O=C(NCCc1c[nH]c2ccccc12)c1ccc(Cn2c(=O)c3cccn3c3cccnc32)cc1. The predicted molar refractivity (Wildman–Crippen MR) is 137 cm³/mol. The standard InChI is InChI=1S/C28H23N5O2/c34-27(30-15-13-21-17-31-23-6-2-1-5-22(21)23)20-11-9-19(10-12-20)18-33-26-24(7-3-14-29-26)32-16-4-8-25(32)28(33)35/h1-12,14,16-17,31H,13,15,18H2,(H,30,34). The molecule has 6 rings (SSSR count). The topological polar surface area (TPSA) is 84.2 Å². The van der Waals surface area contributed by atoms with Gasteiger partial charge in [0.05, 0.1) is 12.1 Å². The second-order valence-electron chi connectivity index (χ2n) is 8.56. The van der Waals surface area contributed by atoms with E-state index in [2.05, 4.69) is 21.4 Å². The van der Waals surface area contributed by atoms with Crippen molar-refractivity contribution in [1.29, 1.82) is 0 Å². The summed E-state index contributed by atoms with van der Waals surface area (Å²) >= 11 is 0. The van der Waals surface area contributed by atoms with Crippen LogP contribution >= 0.6 is 0 Å². The normalized spacial score (nSPS) is 11.4. The lowest BCUT2D eigenvalue weighted by Gasteiger charge is -2.12. The maximum atomic E-state index is 13.1. The van der Waals surface area contributed by atoms with E-state index >= 15 is 0 Å². The number of aromatic amines is 1. The Hall–Kier alpha value is -4.65. The summed E-state index contributed by atoms with van der Waals surface area (Å²) in [5, 5.41) is 4.18. The number of aromatic nitrogens is 4. The minimum Gasteiger partial charge on any atom is -0.361 e. The number of fused-ring (bicyclic) bond motifs is 4. The third-order valence-electron chi connectivity index (χ3n) is 6.41. The van der Waals surface area contributed by atoms with E-state index < -0.39 is 0 Å². The van der Waals surface area contributed by atoms with E-state index in [0.717, 1.165) is 23.0 Å². The highest BCUT2D eigenvalue weighted by atomic mass is 16.1. The van der Waals surface area contributed by atoms with E-state index in [9.17, 15) is 9.59 Å². The molecule has 2 N–H and O–H groups in total. The Morgan fingerprint density at radius 3 is 2.66 bits per heavy atom. The highest BCUT2D eigenvalue weighted by Gasteiger charge is 2.12. The molecule has 1 amide bonds. The summed E-state index contributed by atoms with van der Waals surface area (Å²) in [6, 6.07) is 23.0. The van der Waals surface area contributed by atoms with Crippen LogP contribution in [0, 0.1) is 0 Å². The van der Waals surface area contributed by atoms with Gasteiger partial charge in [-0.2, -0.15) is 0 Å². The Kier molecular flexibility index (Phi) is 5.15. The number of para-hydroxylation sites is 1. The van der Waals surface area contributed by atoms with Crippen molar-refractivity contribution in [2.24, 2.45) is 0 Å². The molecule has 0 aliphatic heterocycles. The second kappa shape index (κ2) is 8.61. The number of carbonyl (C=O) groups excluding carboxylic acids is 1. The van der Waals surface area contributed by atoms with E-state index in [0.29, 0.717) is 29.8 Å². The van der Waals surface area contributed by atoms with Crippen molar-refractivity contribution in [2.75, 3.05) is 6.54 Å². The van der Waals surface area contributed by atoms with Gasteiger partial charge in [0.25, 0.3) is 11.5 Å². The van der Waals surface area contributed by atoms with E-state index in [-0.39, 0.29) is 11.5 Å². The van der Waals surface area contributed by atoms with Crippen LogP contribution in [-0.2, 0) is 13.0 Å². The van der Waals surface area contributed by atoms with Crippen molar-refractivity contribution in [3.05, 3.63) is 118 Å². The summed E-state index contributed by atoms with van der Waals surface area (Å²) in [4.78, 5) is 33.5. The number of rotatable bonds is 6. The van der Waals surface area contributed by atoms with Crippen molar-refractivity contribution in [1.82, 2.24) is 24.3 Å². The minimum absolute atomic E-state index is 0.0969. The molecule has 35 heavy (non-hydrogen) atoms. The van der Waals surface area contributed by atoms with Crippen molar-refractivity contribution in [3.8, 4) is 0 Å². The number of pyridine rings is 1. The van der Waals surface area contributed by atoms with Crippen LogP contribution in [0.3, 0.4) is 0 Å². The molecule has 0 bridgehead atoms. The molecule has 6 aromatic rings. The zero-order chi connectivity index (χ0) is 23.8. The van der Waals surface area contributed by atoms with Crippen LogP contribution in [0.1, 0.15) is 21.5 Å². The molecule has 172 valence electrons. The maximum absolute atomic E-state index is 13.1. The molecule has 0 aliphatic rings. The van der Waals surface area contributed by atoms with Gasteiger partial charge in [0.15, 0.2) is 5.65 Å². The summed E-state index contributed by atoms with van der Waals surface area (Å²) in [5.41, 5.74) is 5.80. The van der Waals surface area contributed by atoms with Gasteiger partial charge in [-0.1, -0.05) is 30.3 Å². The molecule has 0 fully saturated rings. The minimum atomic E-state index is -0.115. The number of nitrogens with one attached hydrogen (secondary N) is 2. The lowest BCUT2D eigenvalue weighted by molar-refractivity contribution is 0.0954. The lowest BCUT2D eigenvalue weighted by atomic mass is 10.1. The number of hydrogen-bond acceptors (Lipinski definition) is 3. The molecular formula is C28H23N5O2. The first-order valence-electron chi connectivity index (χ1n) is 11.6.